The molecule has 1 aromatic carbocycles. The molecule has 0 fully saturated rings. The highest BCUT2D eigenvalue weighted by Crippen LogP contribution is 2.19. The van der Waals surface area contributed by atoms with Crippen molar-refractivity contribution >= 4 is 17.7 Å². The molecule has 1 aromatic rings. The first-order chi connectivity index (χ1) is 9.36. The van der Waals surface area contributed by atoms with E-state index in [0.717, 1.165) is 6.42 Å². The van der Waals surface area contributed by atoms with Gasteiger partial charge in [-0.1, -0.05) is 26.3 Å². The Morgan fingerprint density at radius 2 is 2.05 bits per heavy atom. The minimum absolute atomic E-state index is 0.201. The summed E-state index contributed by atoms with van der Waals surface area (Å²) < 4.78 is 0. The quantitative estimate of drug-likeness (QED) is 0.869. The molecule has 0 saturated heterocycles. The molecule has 20 heavy (non-hydrogen) atoms. The maximum Gasteiger partial charge on any atom is 0.336 e. The molecule has 2 N–H and O–H groups in total. The molecule has 2 amide bonds. The number of nitrogens with zero attached hydrogens (tertiary/aromatic N) is 1. The molecular formula is C15H22N2O3. The number of rotatable bonds is 5. The number of anilines is 1. The van der Waals surface area contributed by atoms with Gasteiger partial charge in [-0.2, -0.15) is 0 Å². The van der Waals surface area contributed by atoms with Crippen molar-refractivity contribution in [2.75, 3.05) is 18.9 Å². The van der Waals surface area contributed by atoms with E-state index in [2.05, 4.69) is 19.2 Å². The van der Waals surface area contributed by atoms with Crippen LogP contribution < -0.4 is 5.32 Å². The SMILES string of the molecule is CCC(C)CN(C)C(=O)Nc1cccc(C(=O)O)c1C. The summed E-state index contributed by atoms with van der Waals surface area (Å²) in [6.07, 6.45) is 1.01. The summed E-state index contributed by atoms with van der Waals surface area (Å²) in [6, 6.07) is 4.63. The zero-order valence-corrected chi connectivity index (χ0v) is 12.4. The number of carbonyl (C=O) groups excluding carboxylic acids is 1. The number of hydrogen-bond acceptors (Lipinski definition) is 2. The van der Waals surface area contributed by atoms with Crippen LogP contribution in [0.15, 0.2) is 18.2 Å². The first kappa shape index (κ1) is 16.0. The molecule has 0 aliphatic heterocycles. The third-order valence-electron chi connectivity index (χ3n) is 3.43. The number of carboxylic acid groups (broad SMARTS) is 1. The second-order valence-electron chi connectivity index (χ2n) is 5.11. The van der Waals surface area contributed by atoms with Crippen LogP contribution >= 0.6 is 0 Å². The van der Waals surface area contributed by atoms with Crippen molar-refractivity contribution in [2.45, 2.75) is 27.2 Å². The van der Waals surface area contributed by atoms with Gasteiger partial charge in [0.05, 0.1) is 5.56 Å². The Kier molecular flexibility index (Phi) is 5.55. The van der Waals surface area contributed by atoms with Crippen molar-refractivity contribution in [1.82, 2.24) is 4.90 Å². The summed E-state index contributed by atoms with van der Waals surface area (Å²) in [6.45, 7) is 6.52. The normalized spacial score (nSPS) is 11.8. The van der Waals surface area contributed by atoms with E-state index in [0.29, 0.717) is 23.7 Å². The predicted molar refractivity (Wildman–Crippen MR) is 79.2 cm³/mol. The van der Waals surface area contributed by atoms with E-state index in [1.165, 1.54) is 6.07 Å². The molecule has 1 unspecified atom stereocenters. The third-order valence-corrected chi connectivity index (χ3v) is 3.43. The first-order valence-electron chi connectivity index (χ1n) is 6.71. The fourth-order valence-electron chi connectivity index (χ4n) is 1.89. The fourth-order valence-corrected chi connectivity index (χ4v) is 1.89. The second-order valence-corrected chi connectivity index (χ2v) is 5.11. The number of amides is 2. The summed E-state index contributed by atoms with van der Waals surface area (Å²) in [5.41, 5.74) is 1.29. The Bertz CT molecular complexity index is 500. The highest BCUT2D eigenvalue weighted by molar-refractivity contribution is 5.95. The molecular weight excluding hydrogens is 256 g/mol. The molecule has 0 heterocycles. The van der Waals surface area contributed by atoms with Crippen LogP contribution in [0.25, 0.3) is 0 Å². The van der Waals surface area contributed by atoms with Crippen LogP contribution in [0.4, 0.5) is 10.5 Å². The highest BCUT2D eigenvalue weighted by Gasteiger charge is 2.15. The number of nitrogens with one attached hydrogen (secondary N) is 1. The van der Waals surface area contributed by atoms with E-state index < -0.39 is 5.97 Å². The molecule has 0 radical (unpaired) electrons. The van der Waals surface area contributed by atoms with Crippen molar-refractivity contribution in [3.05, 3.63) is 29.3 Å². The maximum atomic E-state index is 12.1. The van der Waals surface area contributed by atoms with E-state index >= 15 is 0 Å². The first-order valence-corrected chi connectivity index (χ1v) is 6.71. The summed E-state index contributed by atoms with van der Waals surface area (Å²) in [7, 11) is 1.73. The summed E-state index contributed by atoms with van der Waals surface area (Å²) in [5.74, 6) is -0.566. The van der Waals surface area contributed by atoms with Gasteiger partial charge in [-0.15, -0.1) is 0 Å². The molecule has 5 heteroatoms. The molecule has 0 aliphatic carbocycles. The Morgan fingerprint density at radius 3 is 2.60 bits per heavy atom. The lowest BCUT2D eigenvalue weighted by atomic mass is 10.1. The lowest BCUT2D eigenvalue weighted by Gasteiger charge is -2.22. The molecule has 0 bridgehead atoms. The molecule has 0 aliphatic rings. The van der Waals surface area contributed by atoms with E-state index in [9.17, 15) is 9.59 Å². The summed E-state index contributed by atoms with van der Waals surface area (Å²) in [4.78, 5) is 24.7. The van der Waals surface area contributed by atoms with Crippen molar-refractivity contribution in [3.63, 3.8) is 0 Å². The number of aromatic carboxylic acids is 1. The van der Waals surface area contributed by atoms with Crippen LogP contribution in [0.3, 0.4) is 0 Å². The Hall–Kier alpha value is -2.04. The average Bonchev–Trinajstić information content (AvgIpc) is 2.40. The smallest absolute Gasteiger partial charge is 0.336 e. The average molecular weight is 278 g/mol. The van der Waals surface area contributed by atoms with Crippen LogP contribution in [-0.2, 0) is 0 Å². The number of hydrogen-bond donors (Lipinski definition) is 2. The van der Waals surface area contributed by atoms with E-state index in [1.807, 2.05) is 0 Å². The van der Waals surface area contributed by atoms with Gasteiger partial charge in [0, 0.05) is 19.3 Å². The van der Waals surface area contributed by atoms with Gasteiger partial charge in [0.25, 0.3) is 0 Å². The van der Waals surface area contributed by atoms with Crippen LogP contribution in [0.1, 0.15) is 36.2 Å². The van der Waals surface area contributed by atoms with Crippen molar-refractivity contribution in [1.29, 1.82) is 0 Å². The van der Waals surface area contributed by atoms with Crippen LogP contribution in [0.5, 0.6) is 0 Å². The van der Waals surface area contributed by atoms with Crippen molar-refractivity contribution in [2.24, 2.45) is 5.92 Å². The predicted octanol–water partition coefficient (Wildman–Crippen LogP) is 3.20. The minimum Gasteiger partial charge on any atom is -0.478 e. The van der Waals surface area contributed by atoms with Gasteiger partial charge in [-0.3, -0.25) is 0 Å². The molecule has 110 valence electrons. The highest BCUT2D eigenvalue weighted by atomic mass is 16.4. The number of carbonyl (C=O) groups is 2. The third kappa shape index (κ3) is 3.98. The number of benzene rings is 1. The molecule has 0 spiro atoms. The number of carboxylic acids is 1. The Labute approximate surface area is 119 Å². The second kappa shape index (κ2) is 6.93. The van der Waals surface area contributed by atoms with Gasteiger partial charge >= 0.3 is 12.0 Å². The Morgan fingerprint density at radius 1 is 1.40 bits per heavy atom. The van der Waals surface area contributed by atoms with E-state index in [1.54, 1.807) is 31.0 Å². The maximum absolute atomic E-state index is 12.1. The molecule has 5 nitrogen and oxygen atoms in total. The van der Waals surface area contributed by atoms with Crippen LogP contribution in [-0.4, -0.2) is 35.6 Å². The Balaban J connectivity index is 2.81. The summed E-state index contributed by atoms with van der Waals surface area (Å²) in [5, 5.41) is 11.8. The van der Waals surface area contributed by atoms with Gasteiger partial charge < -0.3 is 15.3 Å². The molecule has 0 aromatic heterocycles. The van der Waals surface area contributed by atoms with Crippen molar-refractivity contribution < 1.29 is 14.7 Å². The lowest BCUT2D eigenvalue weighted by molar-refractivity contribution is 0.0696. The molecule has 1 rings (SSSR count). The van der Waals surface area contributed by atoms with Gasteiger partial charge in [0.15, 0.2) is 0 Å². The number of urea groups is 1. The standard InChI is InChI=1S/C15H22N2O3/c1-5-10(2)9-17(4)15(20)16-13-8-6-7-12(11(13)3)14(18)19/h6-8,10H,5,9H2,1-4H3,(H,16,20)(H,18,19). The van der Waals surface area contributed by atoms with Crippen LogP contribution in [0.2, 0.25) is 0 Å². The van der Waals surface area contributed by atoms with Crippen molar-refractivity contribution in [3.8, 4) is 0 Å². The fraction of sp³-hybridized carbons (Fsp3) is 0.467. The van der Waals surface area contributed by atoms with Gasteiger partial charge in [0.1, 0.15) is 0 Å². The van der Waals surface area contributed by atoms with E-state index in [-0.39, 0.29) is 11.6 Å². The zero-order valence-electron chi connectivity index (χ0n) is 12.4. The van der Waals surface area contributed by atoms with Crippen LogP contribution in [0, 0.1) is 12.8 Å². The van der Waals surface area contributed by atoms with Gasteiger partial charge in [0.2, 0.25) is 0 Å². The van der Waals surface area contributed by atoms with Gasteiger partial charge in [-0.25, -0.2) is 9.59 Å². The minimum atomic E-state index is -0.994. The van der Waals surface area contributed by atoms with E-state index in [4.69, 9.17) is 5.11 Å². The monoisotopic (exact) mass is 278 g/mol. The topological polar surface area (TPSA) is 69.6 Å². The van der Waals surface area contributed by atoms with Gasteiger partial charge in [-0.05, 0) is 30.5 Å². The molecule has 1 atom stereocenters. The largest absolute Gasteiger partial charge is 0.478 e. The molecule has 0 saturated carbocycles. The zero-order chi connectivity index (χ0) is 15.3. The summed E-state index contributed by atoms with van der Waals surface area (Å²) >= 11 is 0. The lowest BCUT2D eigenvalue weighted by Crippen LogP contribution is -2.34.